The maximum absolute atomic E-state index is 13.3. The molecule has 0 aromatic heterocycles. The molecule has 168 valence electrons. The number of ether oxygens (including phenoxy) is 1. The number of carbonyl (C=O) groups excluding carboxylic acids is 2. The van der Waals surface area contributed by atoms with Crippen molar-refractivity contribution in [3.63, 3.8) is 0 Å². The van der Waals surface area contributed by atoms with Crippen molar-refractivity contribution in [2.24, 2.45) is 0 Å². The van der Waals surface area contributed by atoms with Crippen LogP contribution < -0.4 is 10.1 Å². The molecule has 0 bridgehead atoms. The smallest absolute Gasteiger partial charge is 0.278 e. The normalized spacial score (nSPS) is 13.6. The molecule has 0 spiro atoms. The van der Waals surface area contributed by atoms with Crippen LogP contribution in [0, 0.1) is 27.7 Å². The van der Waals surface area contributed by atoms with E-state index < -0.39 is 0 Å². The second-order valence-corrected chi connectivity index (χ2v) is 8.47. The number of benzene rings is 3. The van der Waals surface area contributed by atoms with Crippen molar-refractivity contribution in [3.8, 4) is 5.75 Å². The Bertz CT molecular complexity index is 1230. The van der Waals surface area contributed by atoms with Crippen molar-refractivity contribution in [1.82, 2.24) is 4.90 Å². The van der Waals surface area contributed by atoms with Gasteiger partial charge in [-0.15, -0.1) is 0 Å². The Morgan fingerprint density at radius 1 is 0.788 bits per heavy atom. The van der Waals surface area contributed by atoms with Crippen molar-refractivity contribution in [1.29, 1.82) is 0 Å². The van der Waals surface area contributed by atoms with Gasteiger partial charge in [0, 0.05) is 5.69 Å². The van der Waals surface area contributed by atoms with Gasteiger partial charge in [0.25, 0.3) is 11.8 Å². The van der Waals surface area contributed by atoms with Gasteiger partial charge in [-0.2, -0.15) is 0 Å². The van der Waals surface area contributed by atoms with Crippen molar-refractivity contribution in [2.75, 3.05) is 18.5 Å². The highest BCUT2D eigenvalue weighted by Crippen LogP contribution is 2.31. The number of aryl methyl sites for hydroxylation is 4. The molecule has 1 aliphatic heterocycles. The third-order valence-corrected chi connectivity index (χ3v) is 5.79. The first-order valence-corrected chi connectivity index (χ1v) is 11.0. The second kappa shape index (κ2) is 9.33. The molecule has 1 heterocycles. The van der Waals surface area contributed by atoms with Gasteiger partial charge < -0.3 is 10.1 Å². The summed E-state index contributed by atoms with van der Waals surface area (Å²) in [7, 11) is 0. The first-order chi connectivity index (χ1) is 15.8. The molecular formula is C28H28N2O3. The molecule has 33 heavy (non-hydrogen) atoms. The predicted octanol–water partition coefficient (Wildman–Crippen LogP) is 5.19. The lowest BCUT2D eigenvalue weighted by molar-refractivity contribution is -0.137. The Labute approximate surface area is 194 Å². The quantitative estimate of drug-likeness (QED) is 0.514. The lowest BCUT2D eigenvalue weighted by Gasteiger charge is -2.16. The van der Waals surface area contributed by atoms with E-state index in [1.54, 1.807) is 0 Å². The third kappa shape index (κ3) is 4.82. The van der Waals surface area contributed by atoms with Crippen LogP contribution in [0.3, 0.4) is 0 Å². The van der Waals surface area contributed by atoms with E-state index in [9.17, 15) is 9.59 Å². The van der Waals surface area contributed by atoms with Crippen LogP contribution in [0.15, 0.2) is 72.4 Å². The number of rotatable bonds is 7. The molecule has 2 amide bonds. The Morgan fingerprint density at radius 2 is 1.48 bits per heavy atom. The maximum Gasteiger partial charge on any atom is 0.278 e. The van der Waals surface area contributed by atoms with Crippen LogP contribution in [0.5, 0.6) is 5.75 Å². The Kier molecular flexibility index (Phi) is 6.31. The van der Waals surface area contributed by atoms with Crippen LogP contribution in [-0.2, 0) is 9.59 Å². The van der Waals surface area contributed by atoms with Crippen LogP contribution in [0.4, 0.5) is 5.69 Å². The number of imide groups is 1. The lowest BCUT2D eigenvalue weighted by atomic mass is 10.0. The molecule has 0 saturated heterocycles. The summed E-state index contributed by atoms with van der Waals surface area (Å²) in [6.07, 6.45) is 0. The minimum atomic E-state index is -0.346. The molecule has 3 aromatic carbocycles. The fourth-order valence-corrected chi connectivity index (χ4v) is 4.00. The molecule has 5 heteroatoms. The van der Waals surface area contributed by atoms with E-state index in [1.807, 2.05) is 88.4 Å². The van der Waals surface area contributed by atoms with E-state index in [2.05, 4.69) is 11.4 Å². The molecule has 0 fully saturated rings. The Morgan fingerprint density at radius 3 is 2.15 bits per heavy atom. The average molecular weight is 441 g/mol. The average Bonchev–Trinajstić information content (AvgIpc) is 3.00. The largest absolute Gasteiger partial charge is 0.492 e. The van der Waals surface area contributed by atoms with Gasteiger partial charge in [0.15, 0.2) is 0 Å². The van der Waals surface area contributed by atoms with Crippen molar-refractivity contribution < 1.29 is 14.3 Å². The zero-order valence-electron chi connectivity index (χ0n) is 19.4. The molecule has 1 N–H and O–H groups in total. The van der Waals surface area contributed by atoms with Crippen LogP contribution >= 0.6 is 0 Å². The summed E-state index contributed by atoms with van der Waals surface area (Å²) in [6.45, 7) is 8.46. The molecule has 0 radical (unpaired) electrons. The number of anilines is 1. The molecule has 0 atom stereocenters. The summed E-state index contributed by atoms with van der Waals surface area (Å²) < 4.78 is 5.86. The monoisotopic (exact) mass is 440 g/mol. The highest BCUT2D eigenvalue weighted by atomic mass is 16.5. The summed E-state index contributed by atoms with van der Waals surface area (Å²) in [5.41, 5.74) is 6.63. The van der Waals surface area contributed by atoms with Crippen LogP contribution in [0.25, 0.3) is 5.57 Å². The maximum atomic E-state index is 13.3. The van der Waals surface area contributed by atoms with E-state index >= 15 is 0 Å². The fourth-order valence-electron chi connectivity index (χ4n) is 4.00. The number of hydrogen-bond acceptors (Lipinski definition) is 4. The molecule has 1 aliphatic rings. The highest BCUT2D eigenvalue weighted by molar-refractivity contribution is 6.36. The summed E-state index contributed by atoms with van der Waals surface area (Å²) >= 11 is 0. The van der Waals surface area contributed by atoms with Gasteiger partial charge in [0.1, 0.15) is 18.1 Å². The molecule has 3 aromatic rings. The summed E-state index contributed by atoms with van der Waals surface area (Å²) in [5, 5.41) is 3.22. The first-order valence-electron chi connectivity index (χ1n) is 11.0. The van der Waals surface area contributed by atoms with Gasteiger partial charge in [0.2, 0.25) is 0 Å². The van der Waals surface area contributed by atoms with Crippen LogP contribution in [-0.4, -0.2) is 29.9 Å². The summed E-state index contributed by atoms with van der Waals surface area (Å²) in [5.74, 6) is 0.0685. The van der Waals surface area contributed by atoms with Crippen LogP contribution in [0.1, 0.15) is 27.8 Å². The first kappa shape index (κ1) is 22.3. The fraction of sp³-hybridized carbons (Fsp3) is 0.214. The standard InChI is InChI=1S/C28H28N2O3/c1-18-14-19(2)16-24(15-18)33-13-12-30-27(31)25(22-8-6-5-7-9-22)26(28(30)32)29-23-11-10-20(3)21(4)17-23/h5-11,14-17,29H,12-13H2,1-4H3. The Hall–Kier alpha value is -3.86. The number of nitrogens with one attached hydrogen (secondary N) is 1. The SMILES string of the molecule is Cc1cc(C)cc(OCCN2C(=O)C(Nc3ccc(C)c(C)c3)=C(c3ccccc3)C2=O)c1. The van der Waals surface area contributed by atoms with E-state index in [1.165, 1.54) is 4.90 Å². The molecule has 4 rings (SSSR count). The Balaban J connectivity index is 1.58. The molecule has 0 unspecified atom stereocenters. The zero-order valence-corrected chi connectivity index (χ0v) is 19.4. The van der Waals surface area contributed by atoms with E-state index in [-0.39, 0.29) is 25.0 Å². The number of nitrogens with zero attached hydrogens (tertiary/aromatic N) is 1. The van der Waals surface area contributed by atoms with Crippen molar-refractivity contribution >= 4 is 23.1 Å². The number of carbonyl (C=O) groups is 2. The molecule has 0 aliphatic carbocycles. The molecule has 5 nitrogen and oxygen atoms in total. The predicted molar refractivity (Wildman–Crippen MR) is 131 cm³/mol. The zero-order chi connectivity index (χ0) is 23.5. The van der Waals surface area contributed by atoms with Gasteiger partial charge in [0.05, 0.1) is 12.1 Å². The van der Waals surface area contributed by atoms with Gasteiger partial charge in [-0.1, -0.05) is 42.5 Å². The van der Waals surface area contributed by atoms with Crippen LogP contribution in [0.2, 0.25) is 0 Å². The topological polar surface area (TPSA) is 58.6 Å². The van der Waals surface area contributed by atoms with Crippen molar-refractivity contribution in [3.05, 3.63) is 100 Å². The van der Waals surface area contributed by atoms with E-state index in [0.717, 1.165) is 33.7 Å². The van der Waals surface area contributed by atoms with Crippen molar-refractivity contribution in [2.45, 2.75) is 27.7 Å². The van der Waals surface area contributed by atoms with E-state index in [4.69, 9.17) is 4.74 Å². The van der Waals surface area contributed by atoms with Gasteiger partial charge >= 0.3 is 0 Å². The summed E-state index contributed by atoms with van der Waals surface area (Å²) in [6, 6.07) is 21.2. The lowest BCUT2D eigenvalue weighted by Crippen LogP contribution is -2.36. The minimum Gasteiger partial charge on any atom is -0.492 e. The second-order valence-electron chi connectivity index (χ2n) is 8.47. The summed E-state index contributed by atoms with van der Waals surface area (Å²) in [4.78, 5) is 27.9. The number of amides is 2. The van der Waals surface area contributed by atoms with Gasteiger partial charge in [-0.05, 0) is 79.8 Å². The number of hydrogen-bond donors (Lipinski definition) is 1. The van der Waals surface area contributed by atoms with Gasteiger partial charge in [-0.25, -0.2) is 0 Å². The molecular weight excluding hydrogens is 412 g/mol. The highest BCUT2D eigenvalue weighted by Gasteiger charge is 2.39. The van der Waals surface area contributed by atoms with Gasteiger partial charge in [-0.3, -0.25) is 14.5 Å². The minimum absolute atomic E-state index is 0.166. The molecule has 0 saturated carbocycles. The third-order valence-electron chi connectivity index (χ3n) is 5.79. The van der Waals surface area contributed by atoms with E-state index in [0.29, 0.717) is 16.8 Å².